The van der Waals surface area contributed by atoms with Gasteiger partial charge in [0.2, 0.25) is 0 Å². The number of ketones is 1. The Balaban J connectivity index is 1.48. The van der Waals surface area contributed by atoms with Crippen LogP contribution in [0.5, 0.6) is 0 Å². The number of rotatable bonds is 7. The summed E-state index contributed by atoms with van der Waals surface area (Å²) in [4.78, 5) is 11.9. The predicted octanol–water partition coefficient (Wildman–Crippen LogP) is 4.08. The number of unbranched alkanes of at least 4 members (excludes halogenated alkanes) is 1. The van der Waals surface area contributed by atoms with Gasteiger partial charge in [0.05, 0.1) is 0 Å². The molecule has 3 heteroatoms. The monoisotopic (exact) mass is 284 g/mol. The molecule has 0 aromatic heterocycles. The standard InChI is InChI=1S/C16H28O2S/c17-16(13-15-7-11-19-12-8-15)4-2-1-3-14-5-9-18-10-6-14/h14-15H,1-13H2. The molecule has 0 aromatic rings. The molecule has 2 saturated heterocycles. The first kappa shape index (κ1) is 15.4. The Morgan fingerprint density at radius 2 is 1.74 bits per heavy atom. The average Bonchev–Trinajstić information content (AvgIpc) is 2.46. The molecular weight excluding hydrogens is 256 g/mol. The van der Waals surface area contributed by atoms with Crippen LogP contribution in [0.2, 0.25) is 0 Å². The van der Waals surface area contributed by atoms with E-state index in [1.165, 1.54) is 50.0 Å². The molecular formula is C16H28O2S. The van der Waals surface area contributed by atoms with E-state index in [2.05, 4.69) is 0 Å². The molecule has 0 radical (unpaired) electrons. The van der Waals surface area contributed by atoms with Crippen molar-refractivity contribution in [1.29, 1.82) is 0 Å². The summed E-state index contributed by atoms with van der Waals surface area (Å²) >= 11 is 2.04. The van der Waals surface area contributed by atoms with Crippen molar-refractivity contribution >= 4 is 17.5 Å². The van der Waals surface area contributed by atoms with Gasteiger partial charge in [0.15, 0.2) is 0 Å². The maximum atomic E-state index is 11.9. The van der Waals surface area contributed by atoms with Crippen LogP contribution >= 0.6 is 11.8 Å². The Kier molecular flexibility index (Phi) is 7.29. The second kappa shape index (κ2) is 9.02. The second-order valence-electron chi connectivity index (χ2n) is 6.10. The van der Waals surface area contributed by atoms with Gasteiger partial charge < -0.3 is 4.74 Å². The minimum atomic E-state index is 0.517. The van der Waals surface area contributed by atoms with Gasteiger partial charge in [-0.15, -0.1) is 0 Å². The van der Waals surface area contributed by atoms with Crippen molar-refractivity contribution in [3.05, 3.63) is 0 Å². The third-order valence-corrected chi connectivity index (χ3v) is 5.56. The van der Waals surface area contributed by atoms with Gasteiger partial charge in [-0.1, -0.05) is 12.8 Å². The quantitative estimate of drug-likeness (QED) is 0.659. The lowest BCUT2D eigenvalue weighted by atomic mass is 9.91. The summed E-state index contributed by atoms with van der Waals surface area (Å²) in [6.45, 7) is 1.90. The van der Waals surface area contributed by atoms with Crippen molar-refractivity contribution in [2.45, 2.75) is 57.8 Å². The molecule has 110 valence electrons. The lowest BCUT2D eigenvalue weighted by molar-refractivity contribution is -0.120. The summed E-state index contributed by atoms with van der Waals surface area (Å²) in [5, 5.41) is 0. The minimum absolute atomic E-state index is 0.517. The predicted molar refractivity (Wildman–Crippen MR) is 81.7 cm³/mol. The summed E-state index contributed by atoms with van der Waals surface area (Å²) in [5.74, 6) is 4.61. The molecule has 2 heterocycles. The molecule has 2 nitrogen and oxygen atoms in total. The van der Waals surface area contributed by atoms with Crippen LogP contribution in [-0.4, -0.2) is 30.5 Å². The molecule has 0 N–H and O–H groups in total. The van der Waals surface area contributed by atoms with Gasteiger partial charge in [0.25, 0.3) is 0 Å². The lowest BCUT2D eigenvalue weighted by Gasteiger charge is -2.22. The van der Waals surface area contributed by atoms with Gasteiger partial charge >= 0.3 is 0 Å². The number of hydrogen-bond acceptors (Lipinski definition) is 3. The van der Waals surface area contributed by atoms with E-state index in [4.69, 9.17) is 4.74 Å². The van der Waals surface area contributed by atoms with E-state index >= 15 is 0 Å². The molecule has 2 aliphatic heterocycles. The van der Waals surface area contributed by atoms with Gasteiger partial charge in [-0.3, -0.25) is 4.79 Å². The minimum Gasteiger partial charge on any atom is -0.381 e. The van der Waals surface area contributed by atoms with E-state index in [1.54, 1.807) is 0 Å². The molecule has 0 amide bonds. The third kappa shape index (κ3) is 6.31. The van der Waals surface area contributed by atoms with E-state index in [0.717, 1.165) is 38.4 Å². The number of carbonyl (C=O) groups is 1. The van der Waals surface area contributed by atoms with Crippen LogP contribution in [0.25, 0.3) is 0 Å². The molecule has 0 aliphatic carbocycles. The van der Waals surface area contributed by atoms with Crippen molar-refractivity contribution in [1.82, 2.24) is 0 Å². The van der Waals surface area contributed by atoms with E-state index < -0.39 is 0 Å². The third-order valence-electron chi connectivity index (χ3n) is 4.52. The molecule has 2 fully saturated rings. The van der Waals surface area contributed by atoms with Gasteiger partial charge in [0, 0.05) is 26.1 Å². The molecule has 0 unspecified atom stereocenters. The number of hydrogen-bond donors (Lipinski definition) is 0. The smallest absolute Gasteiger partial charge is 0.133 e. The zero-order valence-electron chi connectivity index (χ0n) is 12.1. The molecule has 2 rings (SSSR count). The number of Topliss-reactive ketones (excluding diaryl/α,β-unsaturated/α-hetero) is 1. The summed E-state index contributed by atoms with van der Waals surface area (Å²) in [6.07, 6.45) is 10.3. The van der Waals surface area contributed by atoms with Crippen molar-refractivity contribution in [2.24, 2.45) is 11.8 Å². The van der Waals surface area contributed by atoms with Crippen LogP contribution < -0.4 is 0 Å². The number of thioether (sulfide) groups is 1. The number of carbonyl (C=O) groups excluding carboxylic acids is 1. The van der Waals surface area contributed by atoms with Crippen molar-refractivity contribution in [3.63, 3.8) is 0 Å². The lowest BCUT2D eigenvalue weighted by Crippen LogP contribution is -2.16. The fourth-order valence-corrected chi connectivity index (χ4v) is 4.37. The summed E-state index contributed by atoms with van der Waals surface area (Å²) < 4.78 is 5.37. The fraction of sp³-hybridized carbons (Fsp3) is 0.938. The molecule has 0 aromatic carbocycles. The Bertz CT molecular complexity index is 255. The van der Waals surface area contributed by atoms with Gasteiger partial charge in [-0.25, -0.2) is 0 Å². The highest BCUT2D eigenvalue weighted by atomic mass is 32.2. The molecule has 0 spiro atoms. The molecule has 19 heavy (non-hydrogen) atoms. The van der Waals surface area contributed by atoms with Crippen molar-refractivity contribution in [2.75, 3.05) is 24.7 Å². The van der Waals surface area contributed by atoms with E-state index in [-0.39, 0.29) is 0 Å². The highest BCUT2D eigenvalue weighted by Crippen LogP contribution is 2.26. The first-order valence-electron chi connectivity index (χ1n) is 8.02. The Morgan fingerprint density at radius 3 is 2.47 bits per heavy atom. The topological polar surface area (TPSA) is 26.3 Å². The van der Waals surface area contributed by atoms with E-state index in [9.17, 15) is 4.79 Å². The summed E-state index contributed by atoms with van der Waals surface area (Å²) in [7, 11) is 0. The number of ether oxygens (including phenoxy) is 1. The van der Waals surface area contributed by atoms with Crippen molar-refractivity contribution < 1.29 is 9.53 Å². The Morgan fingerprint density at radius 1 is 1.00 bits per heavy atom. The summed E-state index contributed by atoms with van der Waals surface area (Å²) in [6, 6.07) is 0. The SMILES string of the molecule is O=C(CCCCC1CCOCC1)CC1CCSCC1. The van der Waals surface area contributed by atoms with Crippen LogP contribution in [0.1, 0.15) is 57.8 Å². The van der Waals surface area contributed by atoms with Crippen LogP contribution in [0.4, 0.5) is 0 Å². The largest absolute Gasteiger partial charge is 0.381 e. The van der Waals surface area contributed by atoms with Gasteiger partial charge in [-0.2, -0.15) is 11.8 Å². The van der Waals surface area contributed by atoms with Gasteiger partial charge in [-0.05, 0) is 55.4 Å². The summed E-state index contributed by atoms with van der Waals surface area (Å²) in [5.41, 5.74) is 0. The zero-order chi connectivity index (χ0) is 13.3. The Hall–Kier alpha value is -0.0200. The molecule has 0 atom stereocenters. The first-order valence-corrected chi connectivity index (χ1v) is 9.17. The van der Waals surface area contributed by atoms with Crippen LogP contribution in [0.3, 0.4) is 0 Å². The maximum Gasteiger partial charge on any atom is 0.133 e. The van der Waals surface area contributed by atoms with Crippen molar-refractivity contribution in [3.8, 4) is 0 Å². The zero-order valence-corrected chi connectivity index (χ0v) is 12.9. The van der Waals surface area contributed by atoms with Crippen LogP contribution in [0, 0.1) is 11.8 Å². The van der Waals surface area contributed by atoms with E-state index in [0.29, 0.717) is 11.7 Å². The molecule has 0 saturated carbocycles. The highest BCUT2D eigenvalue weighted by molar-refractivity contribution is 7.99. The fourth-order valence-electron chi connectivity index (χ4n) is 3.16. The average molecular weight is 284 g/mol. The van der Waals surface area contributed by atoms with Crippen LogP contribution in [-0.2, 0) is 9.53 Å². The molecule has 2 aliphatic rings. The molecule has 0 bridgehead atoms. The van der Waals surface area contributed by atoms with E-state index in [1.807, 2.05) is 11.8 Å². The maximum absolute atomic E-state index is 11.9. The normalized spacial score (nSPS) is 22.5. The van der Waals surface area contributed by atoms with Gasteiger partial charge in [0.1, 0.15) is 5.78 Å². The Labute approximate surface area is 122 Å². The second-order valence-corrected chi connectivity index (χ2v) is 7.32. The first-order chi connectivity index (χ1) is 9.34. The van der Waals surface area contributed by atoms with Crippen LogP contribution in [0.15, 0.2) is 0 Å². The highest BCUT2D eigenvalue weighted by Gasteiger charge is 2.17.